The van der Waals surface area contributed by atoms with E-state index in [1.54, 1.807) is 0 Å². The van der Waals surface area contributed by atoms with Gasteiger partial charge in [0.15, 0.2) is 0 Å². The predicted octanol–water partition coefficient (Wildman–Crippen LogP) is 3.44. The van der Waals surface area contributed by atoms with Gasteiger partial charge in [-0.05, 0) is 19.1 Å². The molecule has 0 saturated carbocycles. The number of halogens is 5. The van der Waals surface area contributed by atoms with Crippen LogP contribution in [0.1, 0.15) is 18.1 Å². The van der Waals surface area contributed by atoms with E-state index in [1.807, 2.05) is 0 Å². The van der Waals surface area contributed by atoms with Gasteiger partial charge in [0.05, 0.1) is 5.56 Å². The molecule has 0 fully saturated rings. The molecule has 0 aromatic heterocycles. The van der Waals surface area contributed by atoms with Crippen LogP contribution in [0.5, 0.6) is 5.75 Å². The summed E-state index contributed by atoms with van der Waals surface area (Å²) in [5.74, 6) is -0.996. The molecule has 0 heterocycles. The van der Waals surface area contributed by atoms with Crippen LogP contribution in [-0.2, 0) is 17.4 Å². The van der Waals surface area contributed by atoms with Gasteiger partial charge in [-0.15, -0.1) is 0 Å². The summed E-state index contributed by atoms with van der Waals surface area (Å²) >= 11 is 0. The first-order valence-corrected chi connectivity index (χ1v) is 4.84. The SMILES string of the molecule is CC(=O)Cc1ccc(C(F)(F)F)cc1OC(F)F. The summed E-state index contributed by atoms with van der Waals surface area (Å²) in [6.07, 6.45) is -4.92. The summed E-state index contributed by atoms with van der Waals surface area (Å²) in [6, 6.07) is 2.14. The van der Waals surface area contributed by atoms with E-state index in [2.05, 4.69) is 4.74 Å². The smallest absolute Gasteiger partial charge is 0.416 e. The standard InChI is InChI=1S/C11H9F5O2/c1-6(17)4-7-2-3-8(11(14,15)16)5-9(7)18-10(12)13/h2-3,5,10H,4H2,1H3. The van der Waals surface area contributed by atoms with Gasteiger partial charge in [0, 0.05) is 12.0 Å². The van der Waals surface area contributed by atoms with Crippen LogP contribution in [0.25, 0.3) is 0 Å². The molecule has 0 radical (unpaired) electrons. The topological polar surface area (TPSA) is 26.3 Å². The van der Waals surface area contributed by atoms with Gasteiger partial charge in [-0.25, -0.2) is 0 Å². The van der Waals surface area contributed by atoms with Gasteiger partial charge in [0.1, 0.15) is 11.5 Å². The van der Waals surface area contributed by atoms with Gasteiger partial charge in [0.25, 0.3) is 0 Å². The van der Waals surface area contributed by atoms with Crippen LogP contribution in [0.3, 0.4) is 0 Å². The maximum atomic E-state index is 12.4. The van der Waals surface area contributed by atoms with E-state index in [0.717, 1.165) is 12.1 Å². The monoisotopic (exact) mass is 268 g/mol. The third-order valence-electron chi connectivity index (χ3n) is 2.05. The number of ether oxygens (including phenoxy) is 1. The third-order valence-corrected chi connectivity index (χ3v) is 2.05. The average molecular weight is 268 g/mol. The van der Waals surface area contributed by atoms with Crippen LogP contribution in [0.2, 0.25) is 0 Å². The first-order valence-electron chi connectivity index (χ1n) is 4.84. The van der Waals surface area contributed by atoms with Gasteiger partial charge in [0.2, 0.25) is 0 Å². The maximum absolute atomic E-state index is 12.4. The van der Waals surface area contributed by atoms with E-state index in [0.29, 0.717) is 6.07 Å². The number of alkyl halides is 5. The van der Waals surface area contributed by atoms with Gasteiger partial charge >= 0.3 is 12.8 Å². The number of carbonyl (C=O) groups excluding carboxylic acids is 1. The molecule has 1 aromatic rings. The Morgan fingerprint density at radius 3 is 2.39 bits per heavy atom. The zero-order valence-corrected chi connectivity index (χ0v) is 9.22. The Hall–Kier alpha value is -1.66. The van der Waals surface area contributed by atoms with E-state index >= 15 is 0 Å². The van der Waals surface area contributed by atoms with Crippen LogP contribution in [-0.4, -0.2) is 12.4 Å². The van der Waals surface area contributed by atoms with Crippen molar-refractivity contribution in [3.8, 4) is 5.75 Å². The lowest BCUT2D eigenvalue weighted by Crippen LogP contribution is -2.10. The minimum absolute atomic E-state index is 0.00389. The Bertz CT molecular complexity index is 440. The molecule has 100 valence electrons. The molecule has 0 N–H and O–H groups in total. The minimum atomic E-state index is -4.66. The van der Waals surface area contributed by atoms with Crippen LogP contribution in [0.15, 0.2) is 18.2 Å². The van der Waals surface area contributed by atoms with Crippen LogP contribution >= 0.6 is 0 Å². The van der Waals surface area contributed by atoms with Crippen LogP contribution in [0, 0.1) is 0 Å². The van der Waals surface area contributed by atoms with E-state index in [-0.39, 0.29) is 17.8 Å². The number of ketones is 1. The van der Waals surface area contributed by atoms with Crippen molar-refractivity contribution in [3.63, 3.8) is 0 Å². The molecule has 7 heteroatoms. The lowest BCUT2D eigenvalue weighted by Gasteiger charge is -2.13. The highest BCUT2D eigenvalue weighted by atomic mass is 19.4. The molecule has 18 heavy (non-hydrogen) atoms. The number of hydrogen-bond donors (Lipinski definition) is 0. The van der Waals surface area contributed by atoms with Crippen molar-refractivity contribution in [2.24, 2.45) is 0 Å². The molecule has 2 nitrogen and oxygen atoms in total. The fourth-order valence-corrected chi connectivity index (χ4v) is 1.35. The Labute approximate surface area is 99.4 Å². The Balaban J connectivity index is 3.16. The molecule has 0 spiro atoms. The van der Waals surface area contributed by atoms with Crippen molar-refractivity contribution < 1.29 is 31.5 Å². The highest BCUT2D eigenvalue weighted by Gasteiger charge is 2.31. The molecule has 0 amide bonds. The Kier molecular flexibility index (Phi) is 4.26. The van der Waals surface area contributed by atoms with Crippen molar-refractivity contribution in [2.75, 3.05) is 0 Å². The van der Waals surface area contributed by atoms with Crippen molar-refractivity contribution in [2.45, 2.75) is 26.1 Å². The fourth-order valence-electron chi connectivity index (χ4n) is 1.35. The normalized spacial score (nSPS) is 11.7. The van der Waals surface area contributed by atoms with Gasteiger partial charge in [-0.2, -0.15) is 22.0 Å². The first kappa shape index (κ1) is 14.4. The minimum Gasteiger partial charge on any atom is -0.435 e. The molecule has 1 rings (SSSR count). The molecule has 0 bridgehead atoms. The summed E-state index contributed by atoms with van der Waals surface area (Å²) in [5, 5.41) is 0. The maximum Gasteiger partial charge on any atom is 0.416 e. The third kappa shape index (κ3) is 3.97. The molecule has 0 saturated heterocycles. The zero-order chi connectivity index (χ0) is 13.9. The van der Waals surface area contributed by atoms with E-state index in [1.165, 1.54) is 6.92 Å². The highest BCUT2D eigenvalue weighted by molar-refractivity contribution is 5.79. The summed E-state index contributed by atoms with van der Waals surface area (Å²) in [7, 11) is 0. The summed E-state index contributed by atoms with van der Waals surface area (Å²) < 4.78 is 65.3. The average Bonchev–Trinajstić information content (AvgIpc) is 2.17. The molecule has 0 aliphatic heterocycles. The number of carbonyl (C=O) groups is 1. The zero-order valence-electron chi connectivity index (χ0n) is 9.22. The Morgan fingerprint density at radius 2 is 1.94 bits per heavy atom. The lowest BCUT2D eigenvalue weighted by molar-refractivity contribution is -0.138. The molecule has 0 aliphatic rings. The van der Waals surface area contributed by atoms with Crippen LogP contribution in [0.4, 0.5) is 22.0 Å². The quantitative estimate of drug-likeness (QED) is 0.782. The van der Waals surface area contributed by atoms with E-state index in [4.69, 9.17) is 0 Å². The van der Waals surface area contributed by atoms with Gasteiger partial charge < -0.3 is 4.74 Å². The van der Waals surface area contributed by atoms with Gasteiger partial charge in [-0.1, -0.05) is 6.07 Å². The van der Waals surface area contributed by atoms with Crippen molar-refractivity contribution >= 4 is 5.78 Å². The van der Waals surface area contributed by atoms with Crippen molar-refractivity contribution in [3.05, 3.63) is 29.3 Å². The van der Waals surface area contributed by atoms with Crippen molar-refractivity contribution in [1.29, 1.82) is 0 Å². The molecular weight excluding hydrogens is 259 g/mol. The lowest BCUT2D eigenvalue weighted by atomic mass is 10.1. The highest BCUT2D eigenvalue weighted by Crippen LogP contribution is 2.33. The molecular formula is C11H9F5O2. The number of hydrogen-bond acceptors (Lipinski definition) is 2. The fraction of sp³-hybridized carbons (Fsp3) is 0.364. The second-order valence-corrected chi connectivity index (χ2v) is 3.58. The van der Waals surface area contributed by atoms with Crippen molar-refractivity contribution in [1.82, 2.24) is 0 Å². The second kappa shape index (κ2) is 5.32. The Morgan fingerprint density at radius 1 is 1.33 bits per heavy atom. The summed E-state index contributed by atoms with van der Waals surface area (Å²) in [5.41, 5.74) is -1.11. The predicted molar refractivity (Wildman–Crippen MR) is 52.5 cm³/mol. The number of benzene rings is 1. The summed E-state index contributed by atoms with van der Waals surface area (Å²) in [6.45, 7) is -2.05. The number of Topliss-reactive ketones (excluding diaryl/α,β-unsaturated/α-hetero) is 1. The summed E-state index contributed by atoms with van der Waals surface area (Å²) in [4.78, 5) is 10.9. The molecule has 1 aromatic carbocycles. The van der Waals surface area contributed by atoms with Gasteiger partial charge in [-0.3, -0.25) is 4.79 Å². The van der Waals surface area contributed by atoms with E-state index < -0.39 is 24.1 Å². The van der Waals surface area contributed by atoms with Crippen LogP contribution < -0.4 is 4.74 Å². The second-order valence-electron chi connectivity index (χ2n) is 3.58. The molecule has 0 aliphatic carbocycles. The molecule has 0 atom stereocenters. The number of rotatable bonds is 4. The largest absolute Gasteiger partial charge is 0.435 e. The molecule has 0 unspecified atom stereocenters. The first-order chi connectivity index (χ1) is 8.20. The van der Waals surface area contributed by atoms with E-state index in [9.17, 15) is 26.7 Å².